The predicted molar refractivity (Wildman–Crippen MR) is 399 cm³/mol. The fourth-order valence-electron chi connectivity index (χ4n) is 10.1. The van der Waals surface area contributed by atoms with Crippen molar-refractivity contribution >= 4 is 39.5 Å². The van der Waals surface area contributed by atoms with Crippen LogP contribution in [0.5, 0.6) is 0 Å². The Morgan fingerprint density at radius 2 is 0.510 bits per heavy atom. The number of carbonyl (C=O) groups is 4. The number of phosphoric ester groups is 2. The molecule has 0 aromatic carbocycles. The Hall–Kier alpha value is -4.02. The highest BCUT2D eigenvalue weighted by Crippen LogP contribution is 2.45. The van der Waals surface area contributed by atoms with E-state index in [2.05, 4.69) is 113 Å². The molecule has 0 fully saturated rings. The minimum absolute atomic E-state index is 0.0731. The highest BCUT2D eigenvalue weighted by Gasteiger charge is 2.30. The van der Waals surface area contributed by atoms with Crippen LogP contribution in [0, 0.1) is 0 Å². The summed E-state index contributed by atoms with van der Waals surface area (Å²) in [5.74, 6) is -2.26. The maximum Gasteiger partial charge on any atom is 0.472 e. The maximum absolute atomic E-state index is 13.1. The van der Waals surface area contributed by atoms with Gasteiger partial charge < -0.3 is 33.8 Å². The molecule has 0 aromatic heterocycles. The number of hydrogen-bond donors (Lipinski definition) is 3. The molecule has 0 amide bonds. The molecule has 17 nitrogen and oxygen atoms in total. The molecule has 0 heterocycles. The number of ether oxygens (including phenoxy) is 4. The summed E-state index contributed by atoms with van der Waals surface area (Å²) in [5, 5.41) is 10.6. The molecular formula is C79H138O17P2. The predicted octanol–water partition coefficient (Wildman–Crippen LogP) is 22.0. The largest absolute Gasteiger partial charge is 0.472 e. The molecule has 3 N–H and O–H groups in total. The molecule has 0 aliphatic carbocycles. The molecule has 0 rings (SSSR count). The molecule has 5 atom stereocenters. The SMILES string of the molecule is CCCCC/C=C\C/C=C\C/C=C\C/C=C\CCCC(=O)OC[C@H](COP(=O)(O)OC[C@@H](O)COP(=O)(O)OC[C@@H](COC(=O)CCCCCCC/C=C\C/C=C\CCCCC)OC(=O)CCCCCCC/C=C\CCCCCC)OC(=O)CCCCCCC/C=C\CCCCCC. The van der Waals surface area contributed by atoms with Crippen molar-refractivity contribution < 1.29 is 80.2 Å². The van der Waals surface area contributed by atoms with Gasteiger partial charge in [0.15, 0.2) is 12.2 Å². The molecule has 2 unspecified atom stereocenters. The first-order chi connectivity index (χ1) is 47.7. The van der Waals surface area contributed by atoms with Gasteiger partial charge in [-0.3, -0.25) is 37.3 Å². The molecule has 0 bridgehead atoms. The summed E-state index contributed by atoms with van der Waals surface area (Å²) in [5.41, 5.74) is 0. The summed E-state index contributed by atoms with van der Waals surface area (Å²) < 4.78 is 68.4. The van der Waals surface area contributed by atoms with Crippen molar-refractivity contribution in [1.82, 2.24) is 0 Å². The average molecular weight is 1420 g/mol. The monoisotopic (exact) mass is 1420 g/mol. The Morgan fingerprint density at radius 3 is 0.837 bits per heavy atom. The molecule has 566 valence electrons. The van der Waals surface area contributed by atoms with E-state index in [1.807, 2.05) is 12.2 Å². The zero-order valence-corrected chi connectivity index (χ0v) is 63.5. The lowest BCUT2D eigenvalue weighted by molar-refractivity contribution is -0.161. The lowest BCUT2D eigenvalue weighted by Crippen LogP contribution is -2.30. The van der Waals surface area contributed by atoms with E-state index in [-0.39, 0.29) is 25.7 Å². The number of aliphatic hydroxyl groups excluding tert-OH is 1. The quantitative estimate of drug-likeness (QED) is 0.0169. The number of aliphatic hydroxyl groups is 1. The first-order valence-corrected chi connectivity index (χ1v) is 41.5. The summed E-state index contributed by atoms with van der Waals surface area (Å²) in [4.78, 5) is 72.8. The van der Waals surface area contributed by atoms with Crippen LogP contribution in [0.1, 0.15) is 323 Å². The van der Waals surface area contributed by atoms with Gasteiger partial charge in [0.05, 0.1) is 26.4 Å². The zero-order chi connectivity index (χ0) is 71.8. The van der Waals surface area contributed by atoms with Crippen LogP contribution in [0.4, 0.5) is 0 Å². The number of phosphoric acid groups is 2. The minimum Gasteiger partial charge on any atom is -0.462 e. The fourth-order valence-corrected chi connectivity index (χ4v) is 11.6. The third-order valence-electron chi connectivity index (χ3n) is 16.0. The smallest absolute Gasteiger partial charge is 0.462 e. The van der Waals surface area contributed by atoms with Crippen LogP contribution in [-0.4, -0.2) is 96.7 Å². The van der Waals surface area contributed by atoms with Gasteiger partial charge >= 0.3 is 39.5 Å². The molecule has 98 heavy (non-hydrogen) atoms. The van der Waals surface area contributed by atoms with Gasteiger partial charge in [-0.25, -0.2) is 9.13 Å². The third-order valence-corrected chi connectivity index (χ3v) is 17.9. The summed E-state index contributed by atoms with van der Waals surface area (Å²) in [6, 6.07) is 0. The van der Waals surface area contributed by atoms with Gasteiger partial charge in [0.2, 0.25) is 0 Å². The van der Waals surface area contributed by atoms with Crippen LogP contribution in [0.2, 0.25) is 0 Å². The minimum atomic E-state index is -4.99. The summed E-state index contributed by atoms with van der Waals surface area (Å²) in [7, 11) is -9.97. The van der Waals surface area contributed by atoms with Gasteiger partial charge in [-0.1, -0.05) is 247 Å². The van der Waals surface area contributed by atoms with Crippen molar-refractivity contribution in [2.75, 3.05) is 39.6 Å². The Bertz CT molecular complexity index is 2240. The van der Waals surface area contributed by atoms with E-state index in [0.717, 1.165) is 148 Å². The number of allylic oxidation sites excluding steroid dienone is 16. The van der Waals surface area contributed by atoms with Crippen molar-refractivity contribution in [3.05, 3.63) is 97.2 Å². The fraction of sp³-hybridized carbons (Fsp3) is 0.747. The number of carbonyl (C=O) groups excluding carboxylic acids is 4. The van der Waals surface area contributed by atoms with E-state index in [1.54, 1.807) is 0 Å². The second-order valence-electron chi connectivity index (χ2n) is 25.6. The Kier molecular flexibility index (Phi) is 68.4. The van der Waals surface area contributed by atoms with E-state index >= 15 is 0 Å². The molecule has 0 saturated carbocycles. The first-order valence-electron chi connectivity index (χ1n) is 38.5. The van der Waals surface area contributed by atoms with E-state index in [9.17, 15) is 43.2 Å². The van der Waals surface area contributed by atoms with Gasteiger partial charge in [-0.05, 0) is 148 Å². The normalized spacial score (nSPS) is 14.5. The van der Waals surface area contributed by atoms with Gasteiger partial charge in [0.1, 0.15) is 19.3 Å². The number of unbranched alkanes of at least 4 members (excludes halogenated alkanes) is 30. The second kappa shape index (κ2) is 71.4. The second-order valence-corrected chi connectivity index (χ2v) is 28.5. The molecule has 0 radical (unpaired) electrons. The number of hydrogen-bond acceptors (Lipinski definition) is 15. The van der Waals surface area contributed by atoms with Gasteiger partial charge in [0, 0.05) is 25.7 Å². The van der Waals surface area contributed by atoms with E-state index in [0.29, 0.717) is 32.1 Å². The van der Waals surface area contributed by atoms with Crippen molar-refractivity contribution in [3.8, 4) is 0 Å². The Balaban J connectivity index is 5.39. The molecule has 0 saturated heterocycles. The van der Waals surface area contributed by atoms with E-state index in [4.69, 9.17) is 37.0 Å². The van der Waals surface area contributed by atoms with Gasteiger partial charge in [0.25, 0.3) is 0 Å². The highest BCUT2D eigenvalue weighted by atomic mass is 31.2. The summed E-state index contributed by atoms with van der Waals surface area (Å²) >= 11 is 0. The average Bonchev–Trinajstić information content (AvgIpc) is 0.969. The number of esters is 4. The van der Waals surface area contributed by atoms with Crippen LogP contribution >= 0.6 is 15.6 Å². The standard InChI is InChI=1S/C79H138O17P2/c1-5-9-13-17-21-25-29-33-35-36-38-42-44-48-52-56-60-64-77(82)90-70-75(96-79(84)66-62-58-54-50-46-40-32-28-24-20-16-12-8-4)72-94-98(87,88)92-68-73(80)67-91-97(85,86)93-71-74(95-78(83)65-61-57-53-49-45-39-31-27-23-19-15-11-7-3)69-89-76(81)63-59-55-51-47-43-41-37-34-30-26-22-18-14-10-6-2/h21-22,25-28,31-35,37-38,42,48,52,73-75,80H,5-20,23-24,29-30,36,39-41,43-47,49-51,53-72H2,1-4H3,(H,85,86)(H,87,88)/b25-21-,26-22-,31-27-,32-28-,35-33-,37-34-,42-38-,52-48-/t73-,74+,75+/m0/s1. The lowest BCUT2D eigenvalue weighted by atomic mass is 10.1. The van der Waals surface area contributed by atoms with Crippen molar-refractivity contribution in [3.63, 3.8) is 0 Å². The van der Waals surface area contributed by atoms with Gasteiger partial charge in [-0.2, -0.15) is 0 Å². The van der Waals surface area contributed by atoms with Gasteiger partial charge in [-0.15, -0.1) is 0 Å². The molecule has 0 aliphatic rings. The van der Waals surface area contributed by atoms with Crippen molar-refractivity contribution in [1.29, 1.82) is 0 Å². The van der Waals surface area contributed by atoms with E-state index in [1.165, 1.54) is 89.9 Å². The molecule has 19 heteroatoms. The topological polar surface area (TPSA) is 237 Å². The highest BCUT2D eigenvalue weighted by molar-refractivity contribution is 7.47. The number of rotatable bonds is 72. The van der Waals surface area contributed by atoms with E-state index < -0.39 is 97.5 Å². The molecule has 0 aliphatic heterocycles. The van der Waals surface area contributed by atoms with Crippen molar-refractivity contribution in [2.24, 2.45) is 0 Å². The molecule has 0 aromatic rings. The molecular weight excluding hydrogens is 1280 g/mol. The summed E-state index contributed by atoms with van der Waals surface area (Å²) in [6.07, 6.45) is 74.0. The molecule has 0 spiro atoms. The van der Waals surface area contributed by atoms with Crippen LogP contribution < -0.4 is 0 Å². The van der Waals surface area contributed by atoms with Crippen LogP contribution in [-0.2, 0) is 65.4 Å². The Labute approximate surface area is 595 Å². The van der Waals surface area contributed by atoms with Crippen LogP contribution in [0.25, 0.3) is 0 Å². The van der Waals surface area contributed by atoms with Crippen LogP contribution in [0.3, 0.4) is 0 Å². The maximum atomic E-state index is 13.1. The first kappa shape index (κ1) is 94.0. The lowest BCUT2D eigenvalue weighted by Gasteiger charge is -2.21. The third kappa shape index (κ3) is 70.4. The Morgan fingerprint density at radius 1 is 0.286 bits per heavy atom. The van der Waals surface area contributed by atoms with Crippen molar-refractivity contribution in [2.45, 2.75) is 341 Å². The summed E-state index contributed by atoms with van der Waals surface area (Å²) in [6.45, 7) is 4.71. The van der Waals surface area contributed by atoms with Crippen LogP contribution in [0.15, 0.2) is 97.2 Å². The zero-order valence-electron chi connectivity index (χ0n) is 61.7.